The molecule has 1 aliphatic rings. The summed E-state index contributed by atoms with van der Waals surface area (Å²) in [6.45, 7) is 2.53. The number of carbonyl (C=O) groups is 2. The molecule has 1 aliphatic heterocycles. The van der Waals surface area contributed by atoms with E-state index in [0.29, 0.717) is 11.1 Å². The second kappa shape index (κ2) is 6.95. The minimum atomic E-state index is -0.469. The van der Waals surface area contributed by atoms with Gasteiger partial charge >= 0.3 is 5.97 Å². The number of likely N-dealkylation sites (tertiary alicyclic amines) is 1. The topological polar surface area (TPSA) is 80.0 Å². The van der Waals surface area contributed by atoms with Crippen molar-refractivity contribution in [3.05, 3.63) is 30.0 Å². The number of hydrogen-bond acceptors (Lipinski definition) is 5. The van der Waals surface area contributed by atoms with Crippen molar-refractivity contribution in [2.75, 3.05) is 13.2 Å². The maximum absolute atomic E-state index is 12.2. The number of nitrogens with zero attached hydrogens (tertiary/aromatic N) is 1. The Bertz CT molecular complexity index is 751. The first-order chi connectivity index (χ1) is 11.5. The first-order valence-corrected chi connectivity index (χ1v) is 8.19. The molecule has 1 saturated heterocycles. The van der Waals surface area contributed by atoms with Crippen molar-refractivity contribution in [1.82, 2.24) is 4.90 Å². The van der Waals surface area contributed by atoms with Crippen molar-refractivity contribution in [3.8, 4) is 5.75 Å². The fourth-order valence-corrected chi connectivity index (χ4v) is 3.11. The zero-order valence-corrected chi connectivity index (χ0v) is 13.7. The molecule has 0 bridgehead atoms. The number of esters is 1. The van der Waals surface area contributed by atoms with Crippen molar-refractivity contribution in [3.63, 3.8) is 0 Å². The molecule has 24 heavy (non-hydrogen) atoms. The summed E-state index contributed by atoms with van der Waals surface area (Å²) in [6.07, 6.45) is 4.62. The monoisotopic (exact) mass is 331 g/mol. The van der Waals surface area contributed by atoms with Gasteiger partial charge in [-0.15, -0.1) is 0 Å². The fraction of sp³-hybridized carbons (Fsp3) is 0.444. The largest absolute Gasteiger partial charge is 0.508 e. The highest BCUT2D eigenvalue weighted by molar-refractivity contribution is 5.87. The number of aromatic hydroxyl groups is 1. The number of hydrogen-bond donors (Lipinski definition) is 1. The molecule has 1 N–H and O–H groups in total. The van der Waals surface area contributed by atoms with Crippen molar-refractivity contribution < 1.29 is 23.8 Å². The van der Waals surface area contributed by atoms with E-state index >= 15 is 0 Å². The lowest BCUT2D eigenvalue weighted by Crippen LogP contribution is -2.44. The van der Waals surface area contributed by atoms with Crippen LogP contribution >= 0.6 is 0 Å². The molecule has 3 rings (SSSR count). The van der Waals surface area contributed by atoms with Crippen molar-refractivity contribution in [2.45, 2.75) is 38.6 Å². The fourth-order valence-electron chi connectivity index (χ4n) is 3.11. The lowest BCUT2D eigenvalue weighted by Gasteiger charge is -2.33. The van der Waals surface area contributed by atoms with Crippen LogP contribution < -0.4 is 0 Å². The molecule has 0 spiro atoms. The maximum atomic E-state index is 12.2. The molecule has 1 fully saturated rings. The number of benzene rings is 1. The molecule has 1 atom stereocenters. The van der Waals surface area contributed by atoms with Crippen LogP contribution in [0.2, 0.25) is 0 Å². The van der Waals surface area contributed by atoms with E-state index in [-0.39, 0.29) is 30.7 Å². The highest BCUT2D eigenvalue weighted by atomic mass is 16.5. The Morgan fingerprint density at radius 2 is 2.21 bits per heavy atom. The van der Waals surface area contributed by atoms with Crippen LogP contribution in [0.3, 0.4) is 0 Å². The highest BCUT2D eigenvalue weighted by Crippen LogP contribution is 2.25. The number of carbonyl (C=O) groups excluding carboxylic acids is 2. The summed E-state index contributed by atoms with van der Waals surface area (Å²) in [5.74, 6) is -0.506. The molecule has 1 aromatic carbocycles. The Balaban J connectivity index is 1.56. The number of ether oxygens (including phenoxy) is 1. The molecule has 128 valence electrons. The second-order valence-electron chi connectivity index (χ2n) is 6.21. The van der Waals surface area contributed by atoms with Gasteiger partial charge in [0.2, 0.25) is 0 Å². The van der Waals surface area contributed by atoms with Gasteiger partial charge in [-0.2, -0.15) is 0 Å². The van der Waals surface area contributed by atoms with Gasteiger partial charge in [-0.05, 0) is 38.3 Å². The van der Waals surface area contributed by atoms with Crippen molar-refractivity contribution in [1.29, 1.82) is 0 Å². The van der Waals surface area contributed by atoms with E-state index in [1.165, 1.54) is 18.4 Å². The average Bonchev–Trinajstić information content (AvgIpc) is 2.95. The van der Waals surface area contributed by atoms with Gasteiger partial charge in [-0.3, -0.25) is 9.59 Å². The molecule has 0 radical (unpaired) electrons. The number of furan rings is 1. The third-order valence-corrected chi connectivity index (χ3v) is 4.45. The summed E-state index contributed by atoms with van der Waals surface area (Å²) in [7, 11) is 0. The van der Waals surface area contributed by atoms with Gasteiger partial charge in [0.15, 0.2) is 6.61 Å². The molecule has 1 amide bonds. The van der Waals surface area contributed by atoms with Gasteiger partial charge in [0.1, 0.15) is 11.3 Å². The third-order valence-electron chi connectivity index (χ3n) is 4.45. The number of piperidine rings is 1. The average molecular weight is 331 g/mol. The Hall–Kier alpha value is -2.50. The molecule has 6 nitrogen and oxygen atoms in total. The Labute approximate surface area is 140 Å². The van der Waals surface area contributed by atoms with E-state index in [9.17, 15) is 14.7 Å². The lowest BCUT2D eigenvalue weighted by molar-refractivity contribution is -0.152. The molecule has 2 heterocycles. The Kier molecular flexibility index (Phi) is 4.74. The normalized spacial score (nSPS) is 17.9. The molecule has 0 aliphatic carbocycles. The zero-order chi connectivity index (χ0) is 17.1. The SMILES string of the molecule is C[C@@H]1CCCCN1C(=O)COC(=O)Cc1coc2cc(O)ccc12. The maximum Gasteiger partial charge on any atom is 0.310 e. The molecule has 6 heteroatoms. The Morgan fingerprint density at radius 1 is 1.38 bits per heavy atom. The van der Waals surface area contributed by atoms with Gasteiger partial charge < -0.3 is 19.2 Å². The number of fused-ring (bicyclic) bond motifs is 1. The van der Waals surface area contributed by atoms with Crippen LogP contribution in [0.1, 0.15) is 31.7 Å². The molecule has 2 aromatic rings. The summed E-state index contributed by atoms with van der Waals surface area (Å²) < 4.78 is 10.5. The summed E-state index contributed by atoms with van der Waals surface area (Å²) in [6, 6.07) is 4.92. The number of phenolic OH excluding ortho intramolecular Hbond substituents is 1. The van der Waals surface area contributed by atoms with Gasteiger partial charge in [0, 0.05) is 29.6 Å². The van der Waals surface area contributed by atoms with E-state index in [4.69, 9.17) is 9.15 Å². The third kappa shape index (κ3) is 3.53. The standard InChI is InChI=1S/C18H21NO5/c1-12-4-2-3-7-19(12)17(21)11-24-18(22)8-13-10-23-16-9-14(20)5-6-15(13)16/h5-6,9-10,12,20H,2-4,7-8,11H2,1H3/t12-/m1/s1. The molecule has 0 unspecified atom stereocenters. The Morgan fingerprint density at radius 3 is 3.00 bits per heavy atom. The summed E-state index contributed by atoms with van der Waals surface area (Å²) >= 11 is 0. The van der Waals surface area contributed by atoms with Gasteiger partial charge in [-0.25, -0.2) is 0 Å². The van der Waals surface area contributed by atoms with Crippen LogP contribution in [-0.4, -0.2) is 41.1 Å². The minimum absolute atomic E-state index is 0.0284. The highest BCUT2D eigenvalue weighted by Gasteiger charge is 2.24. The van der Waals surface area contributed by atoms with Crippen LogP contribution in [0.5, 0.6) is 5.75 Å². The van der Waals surface area contributed by atoms with E-state index < -0.39 is 5.97 Å². The summed E-state index contributed by atoms with van der Waals surface area (Å²) in [4.78, 5) is 26.0. The number of phenols is 1. The van der Waals surface area contributed by atoms with Gasteiger partial charge in [-0.1, -0.05) is 0 Å². The molecular weight excluding hydrogens is 310 g/mol. The smallest absolute Gasteiger partial charge is 0.310 e. The molecular formula is C18H21NO5. The van der Waals surface area contributed by atoms with E-state index in [1.54, 1.807) is 11.0 Å². The molecule has 1 aromatic heterocycles. The van der Waals surface area contributed by atoms with E-state index in [1.807, 2.05) is 6.92 Å². The zero-order valence-electron chi connectivity index (χ0n) is 13.7. The predicted octanol–water partition coefficient (Wildman–Crippen LogP) is 2.63. The molecule has 0 saturated carbocycles. The predicted molar refractivity (Wildman–Crippen MR) is 87.6 cm³/mol. The van der Waals surface area contributed by atoms with Crippen LogP contribution in [0.25, 0.3) is 11.0 Å². The quantitative estimate of drug-likeness (QED) is 0.871. The van der Waals surface area contributed by atoms with Crippen molar-refractivity contribution >= 4 is 22.8 Å². The lowest BCUT2D eigenvalue weighted by atomic mass is 10.0. The minimum Gasteiger partial charge on any atom is -0.508 e. The van der Waals surface area contributed by atoms with Gasteiger partial charge in [0.25, 0.3) is 5.91 Å². The van der Waals surface area contributed by atoms with Gasteiger partial charge in [0.05, 0.1) is 12.7 Å². The number of rotatable bonds is 4. The first-order valence-electron chi connectivity index (χ1n) is 8.19. The van der Waals surface area contributed by atoms with Crippen LogP contribution in [0, 0.1) is 0 Å². The number of amides is 1. The summed E-state index contributed by atoms with van der Waals surface area (Å²) in [5, 5.41) is 10.2. The van der Waals surface area contributed by atoms with Crippen LogP contribution in [0.4, 0.5) is 0 Å². The first kappa shape index (κ1) is 16.4. The van der Waals surface area contributed by atoms with E-state index in [0.717, 1.165) is 31.2 Å². The van der Waals surface area contributed by atoms with Crippen molar-refractivity contribution in [2.24, 2.45) is 0 Å². The second-order valence-corrected chi connectivity index (χ2v) is 6.21. The van der Waals surface area contributed by atoms with Crippen LogP contribution in [0.15, 0.2) is 28.9 Å². The van der Waals surface area contributed by atoms with E-state index in [2.05, 4.69) is 0 Å². The van der Waals surface area contributed by atoms with Crippen LogP contribution in [-0.2, 0) is 20.7 Å². The summed E-state index contributed by atoms with van der Waals surface area (Å²) in [5.41, 5.74) is 1.19.